The maximum absolute atomic E-state index is 12.4. The molecule has 6 heteroatoms. The molecule has 0 fully saturated rings. The summed E-state index contributed by atoms with van der Waals surface area (Å²) in [4.78, 5) is 0. The molecule has 0 radical (unpaired) electrons. The van der Waals surface area contributed by atoms with Crippen LogP contribution in [0.1, 0.15) is 5.56 Å². The first-order valence-electron chi connectivity index (χ1n) is 24.8. The Kier molecular flexibility index (Phi) is 7.45. The van der Waals surface area contributed by atoms with Gasteiger partial charge in [-0.1, -0.05) is 158 Å². The monoisotopic (exact) mass is 927 g/mol. The Balaban J connectivity index is 1.13. The molecule has 0 saturated heterocycles. The van der Waals surface area contributed by atoms with E-state index < -0.39 is 0 Å². The van der Waals surface area contributed by atoms with Gasteiger partial charge in [0.2, 0.25) is 0 Å². The summed E-state index contributed by atoms with van der Waals surface area (Å²) in [6, 6.07) is 83.7. The second-order valence-corrected chi connectivity index (χ2v) is 19.4. The fourth-order valence-electron chi connectivity index (χ4n) is 13.0. The van der Waals surface area contributed by atoms with E-state index in [0.29, 0.717) is 5.56 Å². The van der Waals surface area contributed by atoms with E-state index in [1.54, 1.807) is 0 Å². The fourth-order valence-corrected chi connectivity index (χ4v) is 13.0. The number of benzene rings is 11. The van der Waals surface area contributed by atoms with Crippen molar-refractivity contribution in [2.24, 2.45) is 0 Å². The number of nitrogens with zero attached hydrogens (tertiary/aromatic N) is 5. The molecule has 17 aromatic rings. The van der Waals surface area contributed by atoms with Gasteiger partial charge in [0.15, 0.2) is 0 Å². The van der Waals surface area contributed by atoms with Gasteiger partial charge in [0.05, 0.1) is 66.7 Å². The molecule has 0 bridgehead atoms. The van der Waals surface area contributed by atoms with Crippen molar-refractivity contribution in [2.45, 2.75) is 0 Å². The number of rotatable bonds is 4. The van der Waals surface area contributed by atoms with E-state index in [1.807, 2.05) is 12.1 Å². The lowest BCUT2D eigenvalue weighted by atomic mass is 9.99. The minimum Gasteiger partial charge on any atom is -0.456 e. The molecular weight excluding hydrogens is 891 g/mol. The van der Waals surface area contributed by atoms with Crippen LogP contribution in [0.15, 0.2) is 229 Å². The molecule has 0 atom stereocenters. The molecule has 0 spiro atoms. The van der Waals surface area contributed by atoms with Crippen LogP contribution in [0.3, 0.4) is 0 Å². The predicted octanol–water partition coefficient (Wildman–Crippen LogP) is 17.6. The van der Waals surface area contributed by atoms with Crippen molar-refractivity contribution in [1.82, 2.24) is 18.1 Å². The maximum atomic E-state index is 12.4. The highest BCUT2D eigenvalue weighted by Crippen LogP contribution is 2.51. The van der Waals surface area contributed by atoms with E-state index in [9.17, 15) is 5.26 Å². The van der Waals surface area contributed by atoms with Gasteiger partial charge in [0, 0.05) is 64.6 Å². The van der Waals surface area contributed by atoms with Gasteiger partial charge in [-0.25, -0.2) is 0 Å². The molecule has 336 valence electrons. The van der Waals surface area contributed by atoms with Gasteiger partial charge in [-0.3, -0.25) is 0 Å². The van der Waals surface area contributed by atoms with Gasteiger partial charge in [-0.05, 0) is 77.9 Å². The molecule has 6 heterocycles. The number of furan rings is 1. The normalized spacial score (nSPS) is 12.4. The van der Waals surface area contributed by atoms with Crippen molar-refractivity contribution in [2.75, 3.05) is 0 Å². The van der Waals surface area contributed by atoms with Crippen LogP contribution in [0.2, 0.25) is 0 Å². The third-order valence-corrected chi connectivity index (χ3v) is 15.9. The van der Waals surface area contributed by atoms with Gasteiger partial charge in [-0.15, -0.1) is 0 Å². The van der Waals surface area contributed by atoms with Crippen LogP contribution in [0, 0.1) is 11.3 Å². The SMILES string of the molecule is N#Cc1c(-n2c3ccccc3c3ccccc32)c(-n2c3ccccc3c3cc(-c4ccc5c(c4)oc4ccccc45)ccc32)c(-n2c3ccccc3c3ccccc32)c2c3cccc4c5ccccc5n(c12)c43. The third-order valence-electron chi connectivity index (χ3n) is 15.9. The van der Waals surface area contributed by atoms with E-state index >= 15 is 0 Å². The number of para-hydroxylation sites is 8. The van der Waals surface area contributed by atoms with E-state index in [4.69, 9.17) is 4.42 Å². The predicted molar refractivity (Wildman–Crippen MR) is 302 cm³/mol. The lowest BCUT2D eigenvalue weighted by molar-refractivity contribution is 0.669. The van der Waals surface area contributed by atoms with Crippen LogP contribution in [-0.4, -0.2) is 18.1 Å². The van der Waals surface area contributed by atoms with Gasteiger partial charge >= 0.3 is 0 Å². The van der Waals surface area contributed by atoms with Crippen molar-refractivity contribution in [1.29, 1.82) is 5.26 Å². The van der Waals surface area contributed by atoms with Gasteiger partial charge < -0.3 is 22.5 Å². The number of aromatic nitrogens is 4. The molecule has 0 N–H and O–H groups in total. The lowest BCUT2D eigenvalue weighted by Gasteiger charge is -2.25. The average Bonchev–Trinajstić information content (AvgIpc) is 4.32. The number of hydrogen-bond donors (Lipinski definition) is 0. The second-order valence-electron chi connectivity index (χ2n) is 19.4. The summed E-state index contributed by atoms with van der Waals surface area (Å²) in [5.41, 5.74) is 16.6. The molecule has 0 saturated carbocycles. The maximum Gasteiger partial charge on any atom is 0.136 e. The zero-order valence-corrected chi connectivity index (χ0v) is 39.0. The van der Waals surface area contributed by atoms with Crippen LogP contribution < -0.4 is 0 Å². The number of fused-ring (bicyclic) bond motifs is 18. The zero-order chi connectivity index (χ0) is 47.6. The molecule has 6 aromatic heterocycles. The quantitative estimate of drug-likeness (QED) is 0.177. The fraction of sp³-hybridized carbons (Fsp3) is 0. The lowest BCUT2D eigenvalue weighted by Crippen LogP contribution is -2.12. The molecule has 0 aliphatic rings. The highest BCUT2D eigenvalue weighted by atomic mass is 16.3. The highest BCUT2D eigenvalue weighted by Gasteiger charge is 2.34. The summed E-state index contributed by atoms with van der Waals surface area (Å²) in [6.07, 6.45) is 0. The molecule has 6 nitrogen and oxygen atoms in total. The summed E-state index contributed by atoms with van der Waals surface area (Å²) < 4.78 is 16.2. The number of hydrogen-bond acceptors (Lipinski definition) is 2. The van der Waals surface area contributed by atoms with Crippen molar-refractivity contribution < 1.29 is 4.42 Å². The molecular formula is C67H37N5O. The molecule has 17 rings (SSSR count). The first kappa shape index (κ1) is 38.7. The highest BCUT2D eigenvalue weighted by molar-refractivity contribution is 6.28. The molecule has 11 aromatic carbocycles. The Bertz CT molecular complexity index is 5190. The Morgan fingerprint density at radius 1 is 0.301 bits per heavy atom. The second kappa shape index (κ2) is 14.0. The average molecular weight is 928 g/mol. The van der Waals surface area contributed by atoms with E-state index in [2.05, 4.69) is 236 Å². The summed E-state index contributed by atoms with van der Waals surface area (Å²) in [6.45, 7) is 0. The van der Waals surface area contributed by atoms with Crippen molar-refractivity contribution >= 4 is 125 Å². The molecule has 0 aliphatic carbocycles. The van der Waals surface area contributed by atoms with Crippen molar-refractivity contribution in [3.63, 3.8) is 0 Å². The summed E-state index contributed by atoms with van der Waals surface area (Å²) >= 11 is 0. The van der Waals surface area contributed by atoms with E-state index in [0.717, 1.165) is 154 Å². The van der Waals surface area contributed by atoms with Crippen LogP contribution in [0.4, 0.5) is 0 Å². The van der Waals surface area contributed by atoms with Gasteiger partial charge in [0.25, 0.3) is 0 Å². The Morgan fingerprint density at radius 3 is 1.33 bits per heavy atom. The Labute approximate surface area is 415 Å². The van der Waals surface area contributed by atoms with Crippen LogP contribution in [-0.2, 0) is 0 Å². The largest absolute Gasteiger partial charge is 0.456 e. The molecule has 0 aliphatic heterocycles. The molecule has 0 unspecified atom stereocenters. The van der Waals surface area contributed by atoms with E-state index in [1.165, 1.54) is 0 Å². The van der Waals surface area contributed by atoms with Crippen LogP contribution in [0.5, 0.6) is 0 Å². The Hall–Kier alpha value is -10.1. The summed E-state index contributed by atoms with van der Waals surface area (Å²) in [5.74, 6) is 0. The summed E-state index contributed by atoms with van der Waals surface area (Å²) in [5, 5.41) is 25.8. The summed E-state index contributed by atoms with van der Waals surface area (Å²) in [7, 11) is 0. The molecule has 0 amide bonds. The minimum absolute atomic E-state index is 0.599. The van der Waals surface area contributed by atoms with Crippen LogP contribution in [0.25, 0.3) is 154 Å². The standard InChI is InChI=1S/C67H37N5O/c68-38-52-64-62(50-24-15-23-49-45-20-5-13-30-58(45)72(64)63(49)50)66(70-55-27-10-3-18-43(55)44-19-4-11-28-56(44)70)67(65(52)69-53-25-8-1-16-41(53)42-17-2-9-26-54(42)69)71-57-29-12-6-21-46(57)51-36-39(33-35-59(51)71)40-32-34-48-47-22-7-14-31-60(47)73-61(48)37-40/h1-37H. The van der Waals surface area contributed by atoms with Gasteiger partial charge in [0.1, 0.15) is 22.8 Å². The molecule has 73 heavy (non-hydrogen) atoms. The van der Waals surface area contributed by atoms with E-state index in [-0.39, 0.29) is 0 Å². The third kappa shape index (κ3) is 4.90. The van der Waals surface area contributed by atoms with Crippen molar-refractivity contribution in [3.05, 3.63) is 230 Å². The van der Waals surface area contributed by atoms with Crippen LogP contribution >= 0.6 is 0 Å². The first-order valence-corrected chi connectivity index (χ1v) is 24.8. The number of nitriles is 1. The minimum atomic E-state index is 0.599. The Morgan fingerprint density at radius 2 is 0.726 bits per heavy atom. The first-order chi connectivity index (χ1) is 36.2. The topological polar surface area (TPSA) is 56.1 Å². The smallest absolute Gasteiger partial charge is 0.136 e. The zero-order valence-electron chi connectivity index (χ0n) is 39.0. The van der Waals surface area contributed by atoms with Gasteiger partial charge in [-0.2, -0.15) is 5.26 Å². The van der Waals surface area contributed by atoms with Crippen molar-refractivity contribution in [3.8, 4) is 34.3 Å².